The van der Waals surface area contributed by atoms with Crippen molar-refractivity contribution in [2.24, 2.45) is 11.7 Å². The summed E-state index contributed by atoms with van der Waals surface area (Å²) in [7, 11) is 2.20. The minimum absolute atomic E-state index is 0.337. The maximum atomic E-state index is 6.01. The number of nitrogens with two attached hydrogens (primary N) is 1. The van der Waals surface area contributed by atoms with Crippen LogP contribution in [0.25, 0.3) is 0 Å². The van der Waals surface area contributed by atoms with E-state index in [0.29, 0.717) is 6.17 Å². The van der Waals surface area contributed by atoms with Gasteiger partial charge in [0.25, 0.3) is 0 Å². The molecule has 0 bridgehead atoms. The maximum Gasteiger partial charge on any atom is 0.0571 e. The van der Waals surface area contributed by atoms with Crippen LogP contribution in [0.2, 0.25) is 0 Å². The van der Waals surface area contributed by atoms with Crippen LogP contribution >= 0.6 is 0 Å². The fourth-order valence-corrected chi connectivity index (χ4v) is 2.90. The zero-order chi connectivity index (χ0) is 10.6. The van der Waals surface area contributed by atoms with E-state index in [1.54, 1.807) is 0 Å². The maximum absolute atomic E-state index is 6.01. The van der Waals surface area contributed by atoms with Gasteiger partial charge in [0.05, 0.1) is 6.17 Å². The van der Waals surface area contributed by atoms with E-state index in [1.165, 1.54) is 38.5 Å². The average molecular weight is 198 g/mol. The molecule has 3 unspecified atom stereocenters. The van der Waals surface area contributed by atoms with Gasteiger partial charge in [-0.2, -0.15) is 0 Å². The Kier molecular flexibility index (Phi) is 4.90. The fourth-order valence-electron chi connectivity index (χ4n) is 2.90. The topological polar surface area (TPSA) is 29.3 Å². The molecule has 0 aromatic heterocycles. The first-order valence-electron chi connectivity index (χ1n) is 6.26. The molecular weight excluding hydrogens is 172 g/mol. The van der Waals surface area contributed by atoms with E-state index < -0.39 is 0 Å². The van der Waals surface area contributed by atoms with Crippen LogP contribution in [0.4, 0.5) is 0 Å². The van der Waals surface area contributed by atoms with E-state index in [9.17, 15) is 0 Å². The van der Waals surface area contributed by atoms with Gasteiger partial charge in [0.2, 0.25) is 0 Å². The molecule has 0 spiro atoms. The first-order valence-corrected chi connectivity index (χ1v) is 6.26. The SMILES string of the molecule is CC.CN1C(N)CCC2CCCCC21. The number of nitrogens with zero attached hydrogens (tertiary/aromatic N) is 1. The van der Waals surface area contributed by atoms with Crippen LogP contribution in [0, 0.1) is 5.92 Å². The molecule has 1 saturated heterocycles. The highest BCUT2D eigenvalue weighted by Crippen LogP contribution is 2.35. The van der Waals surface area contributed by atoms with Crippen LogP contribution in [0.1, 0.15) is 52.4 Å². The number of piperidine rings is 1. The van der Waals surface area contributed by atoms with Crippen molar-refractivity contribution < 1.29 is 0 Å². The molecule has 84 valence electrons. The Balaban J connectivity index is 0.000000461. The molecule has 2 N–H and O–H groups in total. The Bertz CT molecular complexity index is 156. The van der Waals surface area contributed by atoms with E-state index in [2.05, 4.69) is 11.9 Å². The first kappa shape index (κ1) is 12.0. The van der Waals surface area contributed by atoms with Gasteiger partial charge in [0.15, 0.2) is 0 Å². The minimum Gasteiger partial charge on any atom is -0.316 e. The third kappa shape index (κ3) is 2.48. The third-order valence-electron chi connectivity index (χ3n) is 3.75. The van der Waals surface area contributed by atoms with Gasteiger partial charge in [0.1, 0.15) is 0 Å². The van der Waals surface area contributed by atoms with Crippen LogP contribution in [-0.4, -0.2) is 24.2 Å². The zero-order valence-electron chi connectivity index (χ0n) is 10.00. The molecule has 0 amide bonds. The summed E-state index contributed by atoms with van der Waals surface area (Å²) in [5.74, 6) is 0.962. The summed E-state index contributed by atoms with van der Waals surface area (Å²) in [6.07, 6.45) is 8.61. The van der Waals surface area contributed by atoms with Gasteiger partial charge in [-0.15, -0.1) is 0 Å². The molecule has 0 aromatic rings. The highest BCUT2D eigenvalue weighted by molar-refractivity contribution is 4.88. The Morgan fingerprint density at radius 3 is 2.36 bits per heavy atom. The van der Waals surface area contributed by atoms with Crippen molar-refractivity contribution >= 4 is 0 Å². The van der Waals surface area contributed by atoms with E-state index in [4.69, 9.17) is 5.73 Å². The van der Waals surface area contributed by atoms with Gasteiger partial charge < -0.3 is 5.73 Å². The molecule has 1 heterocycles. The molecular formula is C12H26N2. The van der Waals surface area contributed by atoms with Crippen LogP contribution in [0.15, 0.2) is 0 Å². The number of fused-ring (bicyclic) bond motifs is 1. The van der Waals surface area contributed by atoms with E-state index >= 15 is 0 Å². The lowest BCUT2D eigenvalue weighted by atomic mass is 9.78. The molecule has 2 fully saturated rings. The molecule has 14 heavy (non-hydrogen) atoms. The largest absolute Gasteiger partial charge is 0.316 e. The Labute approximate surface area is 88.8 Å². The Morgan fingerprint density at radius 2 is 1.64 bits per heavy atom. The van der Waals surface area contributed by atoms with Gasteiger partial charge in [-0.25, -0.2) is 0 Å². The summed E-state index contributed by atoms with van der Waals surface area (Å²) >= 11 is 0. The summed E-state index contributed by atoms with van der Waals surface area (Å²) in [5, 5.41) is 0. The molecule has 2 heteroatoms. The molecule has 2 rings (SSSR count). The fraction of sp³-hybridized carbons (Fsp3) is 1.00. The van der Waals surface area contributed by atoms with E-state index in [1.807, 2.05) is 13.8 Å². The molecule has 2 nitrogen and oxygen atoms in total. The van der Waals surface area contributed by atoms with Gasteiger partial charge in [-0.05, 0) is 38.6 Å². The summed E-state index contributed by atoms with van der Waals surface area (Å²) < 4.78 is 0. The Hall–Kier alpha value is -0.0800. The summed E-state index contributed by atoms with van der Waals surface area (Å²) in [5.41, 5.74) is 6.01. The second kappa shape index (κ2) is 5.72. The van der Waals surface area contributed by atoms with Gasteiger partial charge >= 0.3 is 0 Å². The van der Waals surface area contributed by atoms with Crippen LogP contribution < -0.4 is 5.73 Å². The van der Waals surface area contributed by atoms with Gasteiger partial charge in [0, 0.05) is 6.04 Å². The normalized spacial score (nSPS) is 38.1. The van der Waals surface area contributed by atoms with Crippen molar-refractivity contribution in [1.82, 2.24) is 4.90 Å². The highest BCUT2D eigenvalue weighted by Gasteiger charge is 2.34. The number of hydrogen-bond donors (Lipinski definition) is 1. The Morgan fingerprint density at radius 1 is 1.00 bits per heavy atom. The monoisotopic (exact) mass is 198 g/mol. The van der Waals surface area contributed by atoms with Crippen LogP contribution in [0.3, 0.4) is 0 Å². The number of likely N-dealkylation sites (tertiary alicyclic amines) is 1. The summed E-state index contributed by atoms with van der Waals surface area (Å²) in [4.78, 5) is 2.41. The summed E-state index contributed by atoms with van der Waals surface area (Å²) in [6.45, 7) is 4.00. The van der Waals surface area contributed by atoms with Crippen molar-refractivity contribution in [1.29, 1.82) is 0 Å². The predicted octanol–water partition coefficient (Wildman–Crippen LogP) is 2.58. The van der Waals surface area contributed by atoms with Crippen molar-refractivity contribution in [3.63, 3.8) is 0 Å². The smallest absolute Gasteiger partial charge is 0.0571 e. The first-order chi connectivity index (χ1) is 6.79. The molecule has 2 aliphatic rings. The predicted molar refractivity (Wildman–Crippen MR) is 62.1 cm³/mol. The molecule has 1 aliphatic carbocycles. The second-order valence-electron chi connectivity index (χ2n) is 4.42. The second-order valence-corrected chi connectivity index (χ2v) is 4.42. The van der Waals surface area contributed by atoms with Gasteiger partial charge in [-0.1, -0.05) is 26.7 Å². The lowest BCUT2D eigenvalue weighted by molar-refractivity contribution is 0.0397. The molecule has 0 aromatic carbocycles. The molecule has 3 atom stereocenters. The standard InChI is InChI=1S/C10H20N2.C2H6/c1-12-9-5-3-2-4-8(9)6-7-10(12)11;1-2/h8-10H,2-7,11H2,1H3;1-2H3. The molecule has 0 radical (unpaired) electrons. The van der Waals surface area contributed by atoms with Crippen molar-refractivity contribution in [3.8, 4) is 0 Å². The van der Waals surface area contributed by atoms with Crippen molar-refractivity contribution in [3.05, 3.63) is 0 Å². The van der Waals surface area contributed by atoms with Crippen LogP contribution in [0.5, 0.6) is 0 Å². The number of rotatable bonds is 0. The molecule has 1 aliphatic heterocycles. The lowest BCUT2D eigenvalue weighted by Gasteiger charge is -2.45. The number of hydrogen-bond acceptors (Lipinski definition) is 2. The van der Waals surface area contributed by atoms with Crippen molar-refractivity contribution in [2.45, 2.75) is 64.6 Å². The van der Waals surface area contributed by atoms with Crippen molar-refractivity contribution in [2.75, 3.05) is 7.05 Å². The van der Waals surface area contributed by atoms with E-state index in [-0.39, 0.29) is 0 Å². The highest BCUT2D eigenvalue weighted by atomic mass is 15.2. The summed E-state index contributed by atoms with van der Waals surface area (Å²) in [6, 6.07) is 0.808. The zero-order valence-corrected chi connectivity index (χ0v) is 10.00. The lowest BCUT2D eigenvalue weighted by Crippen LogP contribution is -2.53. The average Bonchev–Trinajstić information content (AvgIpc) is 2.27. The molecule has 1 saturated carbocycles. The van der Waals surface area contributed by atoms with Gasteiger partial charge in [-0.3, -0.25) is 4.90 Å². The van der Waals surface area contributed by atoms with E-state index in [0.717, 1.165) is 12.0 Å². The quantitative estimate of drug-likeness (QED) is 0.648. The minimum atomic E-state index is 0.337. The van der Waals surface area contributed by atoms with Crippen LogP contribution in [-0.2, 0) is 0 Å². The third-order valence-corrected chi connectivity index (χ3v) is 3.75.